The molecule has 0 amide bonds. The number of rotatable bonds is 3. The first-order valence-electron chi connectivity index (χ1n) is 6.16. The Bertz CT molecular complexity index is 895. The van der Waals surface area contributed by atoms with Crippen LogP contribution in [0.4, 0.5) is 32.0 Å². The van der Waals surface area contributed by atoms with Gasteiger partial charge >= 0.3 is 11.7 Å². The van der Waals surface area contributed by atoms with Crippen LogP contribution in [0.2, 0.25) is 10.0 Å². The maximum absolute atomic E-state index is 12.7. The second kappa shape index (κ2) is 6.98. The Morgan fingerprint density at radius 2 is 1.69 bits per heavy atom. The van der Waals surface area contributed by atoms with E-state index in [0.717, 1.165) is 6.20 Å². The van der Waals surface area contributed by atoms with Crippen LogP contribution >= 0.6 is 23.2 Å². The van der Waals surface area contributed by atoms with Gasteiger partial charge in [-0.25, -0.2) is 8.89 Å². The van der Waals surface area contributed by atoms with Crippen molar-refractivity contribution >= 4 is 39.9 Å². The van der Waals surface area contributed by atoms with E-state index in [-0.39, 0.29) is 5.69 Å². The van der Waals surface area contributed by atoms with Crippen molar-refractivity contribution in [1.82, 2.24) is 9.78 Å². The van der Waals surface area contributed by atoms with Crippen LogP contribution in [-0.2, 0) is 17.2 Å². The number of benzene rings is 1. The minimum atomic E-state index is -5.11. The molecule has 1 aromatic carbocycles. The Balaban J connectivity index is 2.51. The zero-order valence-electron chi connectivity index (χ0n) is 11.9. The standard InChI is InChI=1S/C12H4Cl2F6N4OS/c13-6-1-5(11(15,16)17)2-7(14)10(6)24-4-9(8(3-21)22-24)23-26(25)12(18,19)20/h1-2,4,23H. The van der Waals surface area contributed by atoms with Gasteiger partial charge in [-0.15, -0.1) is 0 Å². The Hall–Kier alpha value is -1.97. The highest BCUT2D eigenvalue weighted by Crippen LogP contribution is 2.38. The van der Waals surface area contributed by atoms with Crippen molar-refractivity contribution in [2.45, 2.75) is 11.7 Å². The molecule has 0 fully saturated rings. The predicted molar refractivity (Wildman–Crippen MR) is 81.1 cm³/mol. The molecule has 2 aromatic rings. The summed E-state index contributed by atoms with van der Waals surface area (Å²) in [6.07, 6.45) is -3.94. The number of halogens is 8. The monoisotopic (exact) mass is 436 g/mol. The molecular weight excluding hydrogens is 433 g/mol. The van der Waals surface area contributed by atoms with Gasteiger partial charge in [0.15, 0.2) is 5.69 Å². The molecule has 1 aromatic heterocycles. The molecule has 0 aliphatic heterocycles. The molecule has 5 nitrogen and oxygen atoms in total. The van der Waals surface area contributed by atoms with E-state index < -0.39 is 49.7 Å². The van der Waals surface area contributed by atoms with Gasteiger partial charge in [0.25, 0.3) is 0 Å². The minimum absolute atomic E-state index is 0.302. The maximum atomic E-state index is 12.7. The number of nitrogens with one attached hydrogen (secondary N) is 1. The lowest BCUT2D eigenvalue weighted by atomic mass is 10.2. The molecule has 0 saturated heterocycles. The third-order valence-corrected chi connectivity index (χ3v) is 4.21. The van der Waals surface area contributed by atoms with Crippen LogP contribution in [0.15, 0.2) is 18.3 Å². The summed E-state index contributed by atoms with van der Waals surface area (Å²) in [6.45, 7) is 0. The zero-order valence-corrected chi connectivity index (χ0v) is 14.2. The molecule has 1 N–H and O–H groups in total. The number of hydrogen-bond acceptors (Lipinski definition) is 3. The highest BCUT2D eigenvalue weighted by atomic mass is 35.5. The molecule has 1 unspecified atom stereocenters. The summed E-state index contributed by atoms with van der Waals surface area (Å²) in [7, 11) is -3.54. The van der Waals surface area contributed by atoms with Crippen LogP contribution in [0, 0.1) is 11.3 Å². The molecule has 0 bridgehead atoms. The summed E-state index contributed by atoms with van der Waals surface area (Å²) in [5.74, 6) is 0. The molecule has 26 heavy (non-hydrogen) atoms. The first-order valence-corrected chi connectivity index (χ1v) is 8.06. The number of nitrogens with zero attached hydrogens (tertiary/aromatic N) is 3. The van der Waals surface area contributed by atoms with Gasteiger partial charge < -0.3 is 0 Å². The smallest absolute Gasteiger partial charge is 0.293 e. The molecule has 0 saturated carbocycles. The fraction of sp³-hybridized carbons (Fsp3) is 0.167. The highest BCUT2D eigenvalue weighted by molar-refractivity contribution is 7.87. The SMILES string of the molecule is N#Cc1nn(-c2c(Cl)cc(C(F)(F)F)cc2Cl)cc1NS(=O)C(F)(F)F. The third-order valence-electron chi connectivity index (χ3n) is 2.81. The van der Waals surface area contributed by atoms with E-state index in [1.807, 2.05) is 0 Å². The molecule has 140 valence electrons. The van der Waals surface area contributed by atoms with E-state index in [1.165, 1.54) is 6.07 Å². The third kappa shape index (κ3) is 4.22. The van der Waals surface area contributed by atoms with E-state index in [4.69, 9.17) is 28.5 Å². The minimum Gasteiger partial charge on any atom is -0.293 e. The fourth-order valence-corrected chi connectivity index (χ4v) is 2.88. The van der Waals surface area contributed by atoms with Gasteiger partial charge in [0, 0.05) is 0 Å². The number of nitriles is 1. The average Bonchev–Trinajstić information content (AvgIpc) is 2.87. The molecule has 0 aliphatic rings. The van der Waals surface area contributed by atoms with E-state index in [0.29, 0.717) is 16.8 Å². The van der Waals surface area contributed by atoms with Crippen LogP contribution in [0.1, 0.15) is 11.3 Å². The Kier molecular flexibility index (Phi) is 5.46. The van der Waals surface area contributed by atoms with Crippen LogP contribution in [0.5, 0.6) is 0 Å². The first-order chi connectivity index (χ1) is 11.8. The zero-order chi connectivity index (χ0) is 19.9. The van der Waals surface area contributed by atoms with Crippen molar-refractivity contribution in [3.63, 3.8) is 0 Å². The van der Waals surface area contributed by atoms with Gasteiger partial charge in [0.2, 0.25) is 11.0 Å². The van der Waals surface area contributed by atoms with Crippen LogP contribution in [0.25, 0.3) is 5.69 Å². The Morgan fingerprint density at radius 1 is 1.15 bits per heavy atom. The summed E-state index contributed by atoms with van der Waals surface area (Å²) >= 11 is 11.5. The molecule has 14 heteroatoms. The Morgan fingerprint density at radius 3 is 2.12 bits per heavy atom. The normalized spacial score (nSPS) is 13.3. The van der Waals surface area contributed by atoms with Crippen molar-refractivity contribution in [2.75, 3.05) is 4.72 Å². The second-order valence-electron chi connectivity index (χ2n) is 4.55. The van der Waals surface area contributed by atoms with E-state index >= 15 is 0 Å². The summed E-state index contributed by atoms with van der Waals surface area (Å²) < 4.78 is 88.6. The van der Waals surface area contributed by atoms with E-state index in [2.05, 4.69) is 5.10 Å². The number of hydrogen-bond donors (Lipinski definition) is 1. The molecule has 0 aliphatic carbocycles. The second-order valence-corrected chi connectivity index (χ2v) is 6.57. The van der Waals surface area contributed by atoms with Crippen molar-refractivity contribution in [3.8, 4) is 11.8 Å². The van der Waals surface area contributed by atoms with Gasteiger partial charge in [-0.1, -0.05) is 23.2 Å². The van der Waals surface area contributed by atoms with Gasteiger partial charge in [-0.05, 0) is 12.1 Å². The molecule has 0 spiro atoms. The summed E-state index contributed by atoms with van der Waals surface area (Å²) in [4.78, 5) is 0. The topological polar surface area (TPSA) is 70.7 Å². The first kappa shape index (κ1) is 20.3. The van der Waals surface area contributed by atoms with Crippen molar-refractivity contribution in [1.29, 1.82) is 5.26 Å². The van der Waals surface area contributed by atoms with E-state index in [1.54, 1.807) is 4.72 Å². The quantitative estimate of drug-likeness (QED) is 0.710. The van der Waals surface area contributed by atoms with Gasteiger partial charge in [0.05, 0.1) is 21.8 Å². The van der Waals surface area contributed by atoms with Crippen molar-refractivity contribution in [2.24, 2.45) is 0 Å². The Labute approximate surface area is 153 Å². The lowest BCUT2D eigenvalue weighted by molar-refractivity contribution is -0.137. The summed E-state index contributed by atoms with van der Waals surface area (Å²) in [6, 6.07) is 2.53. The number of anilines is 1. The van der Waals surface area contributed by atoms with E-state index in [9.17, 15) is 30.6 Å². The van der Waals surface area contributed by atoms with Gasteiger partial charge in [-0.3, -0.25) is 4.72 Å². The number of aromatic nitrogens is 2. The van der Waals surface area contributed by atoms with Crippen molar-refractivity contribution < 1.29 is 30.6 Å². The largest absolute Gasteiger partial charge is 0.490 e. The summed E-state index contributed by atoms with van der Waals surface area (Å²) in [5.41, 5.74) is -7.74. The molecule has 1 heterocycles. The lowest BCUT2D eigenvalue weighted by Crippen LogP contribution is -2.23. The van der Waals surface area contributed by atoms with Crippen LogP contribution < -0.4 is 4.72 Å². The molecule has 1 atom stereocenters. The van der Waals surface area contributed by atoms with Gasteiger partial charge in [-0.2, -0.15) is 36.7 Å². The van der Waals surface area contributed by atoms with Crippen LogP contribution in [-0.4, -0.2) is 19.5 Å². The predicted octanol–water partition coefficient (Wildman–Crippen LogP) is 4.66. The lowest BCUT2D eigenvalue weighted by Gasteiger charge is -2.12. The molecule has 2 rings (SSSR count). The fourth-order valence-electron chi connectivity index (χ4n) is 1.75. The maximum Gasteiger partial charge on any atom is 0.490 e. The molecule has 0 radical (unpaired) electrons. The number of alkyl halides is 6. The average molecular weight is 437 g/mol. The highest BCUT2D eigenvalue weighted by Gasteiger charge is 2.38. The summed E-state index contributed by atoms with van der Waals surface area (Å²) in [5, 5.41) is 11.5. The van der Waals surface area contributed by atoms with Gasteiger partial charge in [0.1, 0.15) is 17.4 Å². The molecular formula is C12H4Cl2F6N4OS. The van der Waals surface area contributed by atoms with Crippen LogP contribution in [0.3, 0.4) is 0 Å². The van der Waals surface area contributed by atoms with Crippen molar-refractivity contribution in [3.05, 3.63) is 39.6 Å².